The van der Waals surface area contributed by atoms with Gasteiger partial charge in [0, 0.05) is 26.2 Å². The first kappa shape index (κ1) is 13.8. The second-order valence-corrected chi connectivity index (χ2v) is 7.08. The average Bonchev–Trinajstić information content (AvgIpc) is 2.80. The van der Waals surface area contributed by atoms with Crippen molar-refractivity contribution < 1.29 is 0 Å². The Bertz CT molecular complexity index is 514. The van der Waals surface area contributed by atoms with Gasteiger partial charge in [0.2, 0.25) is 0 Å². The highest BCUT2D eigenvalue weighted by Crippen LogP contribution is 2.35. The van der Waals surface area contributed by atoms with Gasteiger partial charge in [-0.25, -0.2) is 0 Å². The van der Waals surface area contributed by atoms with Crippen molar-refractivity contribution in [3.05, 3.63) is 45.7 Å². The van der Waals surface area contributed by atoms with Crippen LogP contribution in [0.1, 0.15) is 18.7 Å². The van der Waals surface area contributed by atoms with Crippen LogP contribution < -0.4 is 5.32 Å². The van der Waals surface area contributed by atoms with Gasteiger partial charge in [-0.15, -0.1) is 11.3 Å². The fourth-order valence-electron chi connectivity index (χ4n) is 2.00. The van der Waals surface area contributed by atoms with Gasteiger partial charge in [-0.1, -0.05) is 41.9 Å². The van der Waals surface area contributed by atoms with E-state index >= 15 is 0 Å². The van der Waals surface area contributed by atoms with Crippen molar-refractivity contribution in [1.82, 2.24) is 5.32 Å². The molecule has 0 fully saturated rings. The summed E-state index contributed by atoms with van der Waals surface area (Å²) in [6, 6.07) is 13.0. The van der Waals surface area contributed by atoms with Gasteiger partial charge in [-0.05, 0) is 36.9 Å². The molecule has 0 unspecified atom stereocenters. The van der Waals surface area contributed by atoms with Crippen LogP contribution in [0.3, 0.4) is 0 Å². The highest BCUT2D eigenvalue weighted by molar-refractivity contribution is 9.10. The molecule has 0 atom stereocenters. The second-order valence-electron chi connectivity index (χ2n) is 5.09. The molecule has 1 aromatic carbocycles. The maximum atomic E-state index is 3.47. The molecule has 0 spiro atoms. The van der Waals surface area contributed by atoms with Gasteiger partial charge in [0.1, 0.15) is 0 Å². The summed E-state index contributed by atoms with van der Waals surface area (Å²) < 4.78 is 1.12. The van der Waals surface area contributed by atoms with Crippen LogP contribution in [0.15, 0.2) is 40.9 Å². The van der Waals surface area contributed by atoms with Crippen LogP contribution >= 0.6 is 27.3 Å². The Labute approximate surface area is 121 Å². The first-order valence-corrected chi connectivity index (χ1v) is 7.65. The third-order valence-corrected chi connectivity index (χ3v) is 5.05. The zero-order chi connectivity index (χ0) is 13.2. The van der Waals surface area contributed by atoms with Gasteiger partial charge in [0.25, 0.3) is 0 Å². The van der Waals surface area contributed by atoms with Crippen molar-refractivity contribution >= 4 is 27.3 Å². The summed E-state index contributed by atoms with van der Waals surface area (Å²) in [5, 5.41) is 3.26. The number of hydrogen-bond donors (Lipinski definition) is 1. The van der Waals surface area contributed by atoms with Crippen LogP contribution in [0.2, 0.25) is 0 Å². The van der Waals surface area contributed by atoms with E-state index in [1.807, 2.05) is 18.4 Å². The highest BCUT2D eigenvalue weighted by atomic mass is 79.9. The standard InChI is InChI=1S/C15H18BrNS/c1-15(2,10-17-3)14-9-8-13(18-14)11-4-6-12(16)7-5-11/h4-9,17H,10H2,1-3H3. The lowest BCUT2D eigenvalue weighted by Crippen LogP contribution is -2.29. The molecule has 3 heteroatoms. The number of benzene rings is 1. The Morgan fingerprint density at radius 3 is 2.39 bits per heavy atom. The van der Waals surface area contributed by atoms with E-state index in [1.165, 1.54) is 15.3 Å². The summed E-state index contributed by atoms with van der Waals surface area (Å²) in [4.78, 5) is 2.76. The quantitative estimate of drug-likeness (QED) is 0.861. The Hall–Kier alpha value is -0.640. The molecule has 0 aliphatic heterocycles. The van der Waals surface area contributed by atoms with Crippen molar-refractivity contribution in [2.45, 2.75) is 19.3 Å². The predicted molar refractivity (Wildman–Crippen MR) is 84.4 cm³/mol. The first-order valence-electron chi connectivity index (χ1n) is 6.04. The molecule has 1 N–H and O–H groups in total. The zero-order valence-electron chi connectivity index (χ0n) is 11.0. The molecule has 1 heterocycles. The summed E-state index contributed by atoms with van der Waals surface area (Å²) in [7, 11) is 2.00. The van der Waals surface area contributed by atoms with E-state index in [1.54, 1.807) is 0 Å². The molecule has 2 aromatic rings. The maximum absolute atomic E-state index is 3.47. The smallest absolute Gasteiger partial charge is 0.0345 e. The van der Waals surface area contributed by atoms with E-state index in [2.05, 4.69) is 71.5 Å². The monoisotopic (exact) mass is 323 g/mol. The number of thiophene rings is 1. The molecular weight excluding hydrogens is 306 g/mol. The lowest BCUT2D eigenvalue weighted by Gasteiger charge is -2.22. The van der Waals surface area contributed by atoms with Gasteiger partial charge in [-0.3, -0.25) is 0 Å². The van der Waals surface area contributed by atoms with Gasteiger partial charge in [0.05, 0.1) is 0 Å². The Balaban J connectivity index is 2.28. The van der Waals surface area contributed by atoms with Gasteiger partial charge >= 0.3 is 0 Å². The van der Waals surface area contributed by atoms with Crippen LogP contribution in [0.25, 0.3) is 10.4 Å². The molecule has 1 nitrogen and oxygen atoms in total. The maximum Gasteiger partial charge on any atom is 0.0345 e. The lowest BCUT2D eigenvalue weighted by atomic mass is 9.91. The fraction of sp³-hybridized carbons (Fsp3) is 0.333. The number of likely N-dealkylation sites (N-methyl/N-ethyl adjacent to an activating group) is 1. The summed E-state index contributed by atoms with van der Waals surface area (Å²) >= 11 is 5.35. The summed E-state index contributed by atoms with van der Waals surface area (Å²) in [5.74, 6) is 0. The summed E-state index contributed by atoms with van der Waals surface area (Å²) in [6.07, 6.45) is 0. The van der Waals surface area contributed by atoms with Crippen LogP contribution in [0.5, 0.6) is 0 Å². The molecular formula is C15H18BrNS. The Morgan fingerprint density at radius 1 is 1.11 bits per heavy atom. The molecule has 1 aromatic heterocycles. The fourth-order valence-corrected chi connectivity index (χ4v) is 3.38. The predicted octanol–water partition coefficient (Wildman–Crippen LogP) is 4.67. The molecule has 0 aliphatic rings. The van der Waals surface area contributed by atoms with Crippen LogP contribution in [-0.2, 0) is 5.41 Å². The molecule has 0 radical (unpaired) electrons. The lowest BCUT2D eigenvalue weighted by molar-refractivity contribution is 0.503. The minimum Gasteiger partial charge on any atom is -0.319 e. The normalized spacial score (nSPS) is 11.8. The zero-order valence-corrected chi connectivity index (χ0v) is 13.4. The van der Waals surface area contributed by atoms with Crippen molar-refractivity contribution in [1.29, 1.82) is 0 Å². The van der Waals surface area contributed by atoms with E-state index in [0.717, 1.165) is 11.0 Å². The Kier molecular flexibility index (Phi) is 4.25. The van der Waals surface area contributed by atoms with E-state index in [4.69, 9.17) is 0 Å². The first-order chi connectivity index (χ1) is 8.53. The van der Waals surface area contributed by atoms with Gasteiger partial charge in [-0.2, -0.15) is 0 Å². The van der Waals surface area contributed by atoms with E-state index < -0.39 is 0 Å². The number of nitrogens with one attached hydrogen (secondary N) is 1. The van der Waals surface area contributed by atoms with Gasteiger partial charge < -0.3 is 5.32 Å². The molecule has 0 aliphatic carbocycles. The molecule has 0 amide bonds. The van der Waals surface area contributed by atoms with Crippen LogP contribution in [0.4, 0.5) is 0 Å². The van der Waals surface area contributed by atoms with Gasteiger partial charge in [0.15, 0.2) is 0 Å². The third kappa shape index (κ3) is 3.02. The van der Waals surface area contributed by atoms with Crippen molar-refractivity contribution in [3.63, 3.8) is 0 Å². The summed E-state index contributed by atoms with van der Waals surface area (Å²) in [5.41, 5.74) is 1.47. The average molecular weight is 324 g/mol. The van der Waals surface area contributed by atoms with Crippen LogP contribution in [0, 0.1) is 0 Å². The van der Waals surface area contributed by atoms with Crippen LogP contribution in [-0.4, -0.2) is 13.6 Å². The molecule has 18 heavy (non-hydrogen) atoms. The topological polar surface area (TPSA) is 12.0 Å². The minimum atomic E-state index is 0.188. The van der Waals surface area contributed by atoms with E-state index in [9.17, 15) is 0 Å². The van der Waals surface area contributed by atoms with Crippen molar-refractivity contribution in [2.24, 2.45) is 0 Å². The largest absolute Gasteiger partial charge is 0.319 e. The molecule has 0 bridgehead atoms. The Morgan fingerprint density at radius 2 is 1.78 bits per heavy atom. The van der Waals surface area contributed by atoms with Crippen molar-refractivity contribution in [3.8, 4) is 10.4 Å². The SMILES string of the molecule is CNCC(C)(C)c1ccc(-c2ccc(Br)cc2)s1. The molecule has 0 saturated carbocycles. The molecule has 96 valence electrons. The third-order valence-electron chi connectivity index (χ3n) is 3.02. The van der Waals surface area contributed by atoms with E-state index in [0.29, 0.717) is 0 Å². The molecule has 0 saturated heterocycles. The highest BCUT2D eigenvalue weighted by Gasteiger charge is 2.21. The van der Waals surface area contributed by atoms with E-state index in [-0.39, 0.29) is 5.41 Å². The molecule has 2 rings (SSSR count). The second kappa shape index (κ2) is 5.55. The number of hydrogen-bond acceptors (Lipinski definition) is 2. The van der Waals surface area contributed by atoms with Crippen molar-refractivity contribution in [2.75, 3.05) is 13.6 Å². The summed E-state index contributed by atoms with van der Waals surface area (Å²) in [6.45, 7) is 5.55. The minimum absolute atomic E-state index is 0.188. The number of rotatable bonds is 4. The number of halogens is 1.